The number of carbonyl (C=O) groups is 2. The maximum atomic E-state index is 12.0. The van der Waals surface area contributed by atoms with Crippen LogP contribution >= 0.6 is 0 Å². The van der Waals surface area contributed by atoms with Gasteiger partial charge >= 0.3 is 12.0 Å². The summed E-state index contributed by atoms with van der Waals surface area (Å²) in [7, 11) is 0. The number of urea groups is 1. The number of aryl methyl sites for hydroxylation is 2. The number of carbonyl (C=O) groups excluding carboxylic acids is 1. The Balaban J connectivity index is 1.67. The smallest absolute Gasteiger partial charge is 0.332 e. The molecule has 1 aliphatic carbocycles. The summed E-state index contributed by atoms with van der Waals surface area (Å²) in [6.07, 6.45) is 3.53. The number of ether oxygens (including phenoxy) is 1. The number of benzene rings is 1. The molecule has 2 aliphatic rings. The van der Waals surface area contributed by atoms with Crippen molar-refractivity contribution in [2.45, 2.75) is 31.2 Å². The van der Waals surface area contributed by atoms with Gasteiger partial charge in [-0.15, -0.1) is 0 Å². The van der Waals surface area contributed by atoms with Crippen molar-refractivity contribution in [3.63, 3.8) is 0 Å². The molecule has 0 bridgehead atoms. The Hall–Kier alpha value is -2.08. The van der Waals surface area contributed by atoms with Crippen LogP contribution in [0.3, 0.4) is 0 Å². The van der Waals surface area contributed by atoms with Crippen molar-refractivity contribution in [3.8, 4) is 0 Å². The zero-order valence-corrected chi connectivity index (χ0v) is 11.6. The van der Waals surface area contributed by atoms with Crippen molar-refractivity contribution in [1.29, 1.82) is 0 Å². The van der Waals surface area contributed by atoms with Crippen LogP contribution in [0.5, 0.6) is 0 Å². The molecule has 3 rings (SSSR count). The van der Waals surface area contributed by atoms with Crippen LogP contribution in [0.1, 0.15) is 24.0 Å². The van der Waals surface area contributed by atoms with Gasteiger partial charge in [0.1, 0.15) is 0 Å². The Morgan fingerprint density at radius 3 is 2.76 bits per heavy atom. The maximum absolute atomic E-state index is 12.0. The van der Waals surface area contributed by atoms with E-state index in [-0.39, 0.29) is 13.0 Å². The summed E-state index contributed by atoms with van der Waals surface area (Å²) in [6, 6.07) is 5.31. The van der Waals surface area contributed by atoms with E-state index in [9.17, 15) is 14.7 Å². The number of nitrogens with one attached hydrogen (secondary N) is 2. The van der Waals surface area contributed by atoms with Crippen LogP contribution in [0.2, 0.25) is 0 Å². The predicted octanol–water partition coefficient (Wildman–Crippen LogP) is 1.54. The van der Waals surface area contributed by atoms with E-state index in [1.807, 2.05) is 18.2 Å². The molecular weight excluding hydrogens is 272 g/mol. The number of rotatable bonds is 3. The number of fused-ring (bicyclic) bond motifs is 1. The zero-order chi connectivity index (χ0) is 14.9. The number of anilines is 1. The number of carboxylic acid groups (broad SMARTS) is 1. The van der Waals surface area contributed by atoms with Crippen LogP contribution in [0.4, 0.5) is 10.5 Å². The molecule has 3 N–H and O–H groups in total. The summed E-state index contributed by atoms with van der Waals surface area (Å²) in [5.74, 6) is -1.07. The van der Waals surface area contributed by atoms with Gasteiger partial charge in [0.15, 0.2) is 5.54 Å². The lowest BCUT2D eigenvalue weighted by Crippen LogP contribution is -2.56. The van der Waals surface area contributed by atoms with E-state index >= 15 is 0 Å². The summed E-state index contributed by atoms with van der Waals surface area (Å²) >= 11 is 0. The molecule has 6 nitrogen and oxygen atoms in total. The molecule has 1 heterocycles. The van der Waals surface area contributed by atoms with Crippen LogP contribution < -0.4 is 10.6 Å². The normalized spacial score (nSPS) is 23.6. The molecule has 21 heavy (non-hydrogen) atoms. The average molecular weight is 290 g/mol. The molecule has 2 amide bonds. The first-order chi connectivity index (χ1) is 10.1. The third kappa shape index (κ3) is 2.71. The molecule has 6 heteroatoms. The first-order valence-corrected chi connectivity index (χ1v) is 7.11. The molecule has 0 spiro atoms. The highest BCUT2D eigenvalue weighted by Gasteiger charge is 2.44. The first-order valence-electron chi connectivity index (χ1n) is 7.11. The quantitative estimate of drug-likeness (QED) is 0.788. The van der Waals surface area contributed by atoms with Gasteiger partial charge in [-0.3, -0.25) is 0 Å². The standard InChI is InChI=1S/C15H18N2O4/c18-13(19)15(6-7-21-9-15)17-14(20)16-12-5-4-10-2-1-3-11(10)8-12/h4-5,8H,1-3,6-7,9H2,(H,18,19)(H2,16,17,20). The first kappa shape index (κ1) is 13.9. The second-order valence-electron chi connectivity index (χ2n) is 5.61. The van der Waals surface area contributed by atoms with Crippen molar-refractivity contribution in [3.05, 3.63) is 29.3 Å². The third-order valence-corrected chi connectivity index (χ3v) is 4.14. The van der Waals surface area contributed by atoms with Crippen molar-refractivity contribution in [2.75, 3.05) is 18.5 Å². The summed E-state index contributed by atoms with van der Waals surface area (Å²) in [5.41, 5.74) is 1.95. The van der Waals surface area contributed by atoms with Gasteiger partial charge in [-0.05, 0) is 42.5 Å². The van der Waals surface area contributed by atoms with Crippen molar-refractivity contribution in [2.24, 2.45) is 0 Å². The van der Waals surface area contributed by atoms with Gasteiger partial charge in [-0.25, -0.2) is 9.59 Å². The zero-order valence-electron chi connectivity index (χ0n) is 11.6. The van der Waals surface area contributed by atoms with Gasteiger partial charge in [0.2, 0.25) is 0 Å². The summed E-state index contributed by atoms with van der Waals surface area (Å²) in [5, 5.41) is 14.5. The van der Waals surface area contributed by atoms with Crippen LogP contribution in [0.15, 0.2) is 18.2 Å². The minimum absolute atomic E-state index is 0.0000584. The minimum Gasteiger partial charge on any atom is -0.479 e. The lowest BCUT2D eigenvalue weighted by atomic mass is 9.99. The van der Waals surface area contributed by atoms with Crippen molar-refractivity contribution >= 4 is 17.7 Å². The molecule has 1 aromatic rings. The fraction of sp³-hybridized carbons (Fsp3) is 0.467. The van der Waals surface area contributed by atoms with Gasteiger partial charge in [0.25, 0.3) is 0 Å². The molecule has 1 fully saturated rings. The van der Waals surface area contributed by atoms with Crippen molar-refractivity contribution < 1.29 is 19.4 Å². The average Bonchev–Trinajstić information content (AvgIpc) is 3.07. The number of hydrogen-bond acceptors (Lipinski definition) is 3. The molecule has 1 atom stereocenters. The lowest BCUT2D eigenvalue weighted by molar-refractivity contribution is -0.144. The highest BCUT2D eigenvalue weighted by Crippen LogP contribution is 2.25. The molecular formula is C15H18N2O4. The van der Waals surface area contributed by atoms with E-state index < -0.39 is 17.5 Å². The van der Waals surface area contributed by atoms with Crippen molar-refractivity contribution in [1.82, 2.24) is 5.32 Å². The third-order valence-electron chi connectivity index (χ3n) is 4.14. The van der Waals surface area contributed by atoms with E-state index in [1.165, 1.54) is 11.1 Å². The van der Waals surface area contributed by atoms with Gasteiger partial charge in [-0.2, -0.15) is 0 Å². The Morgan fingerprint density at radius 1 is 1.24 bits per heavy atom. The number of amides is 2. The fourth-order valence-electron chi connectivity index (χ4n) is 2.91. The van der Waals surface area contributed by atoms with Gasteiger partial charge < -0.3 is 20.5 Å². The number of carboxylic acids is 1. The second-order valence-corrected chi connectivity index (χ2v) is 5.61. The molecule has 1 aromatic carbocycles. The van der Waals surface area contributed by atoms with Crippen LogP contribution in [0, 0.1) is 0 Å². The predicted molar refractivity (Wildman–Crippen MR) is 76.4 cm³/mol. The lowest BCUT2D eigenvalue weighted by Gasteiger charge is -2.23. The molecule has 1 saturated heterocycles. The summed E-state index contributed by atoms with van der Waals surface area (Å²) in [6.45, 7) is 0.339. The largest absolute Gasteiger partial charge is 0.479 e. The topological polar surface area (TPSA) is 87.7 Å². The SMILES string of the molecule is O=C(Nc1ccc2c(c1)CCC2)NC1(C(=O)O)CCOC1. The molecule has 1 aliphatic heterocycles. The fourth-order valence-corrected chi connectivity index (χ4v) is 2.91. The van der Waals surface area contributed by atoms with Gasteiger partial charge in [0, 0.05) is 18.7 Å². The highest BCUT2D eigenvalue weighted by molar-refractivity contribution is 5.94. The van der Waals surface area contributed by atoms with E-state index in [1.54, 1.807) is 0 Å². The molecule has 0 aromatic heterocycles. The molecule has 112 valence electrons. The molecule has 0 saturated carbocycles. The Morgan fingerprint density at radius 2 is 2.05 bits per heavy atom. The van der Waals surface area contributed by atoms with E-state index in [4.69, 9.17) is 4.74 Å². The minimum atomic E-state index is -1.32. The maximum Gasteiger partial charge on any atom is 0.332 e. The highest BCUT2D eigenvalue weighted by atomic mass is 16.5. The van der Waals surface area contributed by atoms with Crippen LogP contribution in [-0.2, 0) is 22.4 Å². The number of hydrogen-bond donors (Lipinski definition) is 3. The summed E-state index contributed by atoms with van der Waals surface area (Å²) < 4.78 is 5.11. The van der Waals surface area contributed by atoms with E-state index in [2.05, 4.69) is 10.6 Å². The van der Waals surface area contributed by atoms with Crippen LogP contribution in [0.25, 0.3) is 0 Å². The van der Waals surface area contributed by atoms with Gasteiger partial charge in [0.05, 0.1) is 6.61 Å². The van der Waals surface area contributed by atoms with Crippen LogP contribution in [-0.4, -0.2) is 35.9 Å². The Kier molecular flexibility index (Phi) is 3.55. The number of aliphatic carboxylic acids is 1. The van der Waals surface area contributed by atoms with E-state index in [0.29, 0.717) is 12.3 Å². The Labute approximate surface area is 122 Å². The Bertz CT molecular complexity index is 579. The second kappa shape index (κ2) is 5.37. The monoisotopic (exact) mass is 290 g/mol. The molecule has 0 radical (unpaired) electrons. The molecule has 1 unspecified atom stereocenters. The summed E-state index contributed by atoms with van der Waals surface area (Å²) in [4.78, 5) is 23.4. The van der Waals surface area contributed by atoms with Gasteiger partial charge in [-0.1, -0.05) is 6.07 Å². The van der Waals surface area contributed by atoms with E-state index in [0.717, 1.165) is 19.3 Å².